The first-order valence-corrected chi connectivity index (χ1v) is 7.85. The lowest BCUT2D eigenvalue weighted by molar-refractivity contribution is 0.204. The normalized spacial score (nSPS) is 14.2. The molecule has 0 bridgehead atoms. The van der Waals surface area contributed by atoms with E-state index in [1.54, 1.807) is 0 Å². The van der Waals surface area contributed by atoms with Crippen molar-refractivity contribution >= 4 is 27.6 Å². The summed E-state index contributed by atoms with van der Waals surface area (Å²) >= 11 is 3.42. The standard InChI is InChI=1S/C15H21BrN2O2/c1-11-4-5-12(16)10-14(11)17-15(20)18(13-6-7-13)8-2-3-9-19/h4-5,10,13,19H,2-3,6-9H2,1H3,(H,17,20). The van der Waals surface area contributed by atoms with Crippen molar-refractivity contribution in [2.45, 2.75) is 38.6 Å². The molecule has 0 atom stereocenters. The summed E-state index contributed by atoms with van der Waals surface area (Å²) in [5.74, 6) is 0. The molecule has 20 heavy (non-hydrogen) atoms. The summed E-state index contributed by atoms with van der Waals surface area (Å²) < 4.78 is 0.955. The van der Waals surface area contributed by atoms with Crippen molar-refractivity contribution in [2.24, 2.45) is 0 Å². The van der Waals surface area contributed by atoms with Gasteiger partial charge < -0.3 is 15.3 Å². The zero-order chi connectivity index (χ0) is 14.5. The molecule has 0 aliphatic heterocycles. The molecule has 4 nitrogen and oxygen atoms in total. The monoisotopic (exact) mass is 340 g/mol. The van der Waals surface area contributed by atoms with Gasteiger partial charge in [-0.1, -0.05) is 22.0 Å². The number of aryl methyl sites for hydroxylation is 1. The maximum atomic E-state index is 12.4. The number of aliphatic hydroxyl groups excluding tert-OH is 1. The van der Waals surface area contributed by atoms with Gasteiger partial charge in [-0.25, -0.2) is 4.79 Å². The molecule has 5 heteroatoms. The van der Waals surface area contributed by atoms with Gasteiger partial charge in [0.1, 0.15) is 0 Å². The Hall–Kier alpha value is -1.07. The van der Waals surface area contributed by atoms with E-state index >= 15 is 0 Å². The molecule has 0 saturated heterocycles. The molecular formula is C15H21BrN2O2. The highest BCUT2D eigenvalue weighted by molar-refractivity contribution is 9.10. The number of rotatable bonds is 6. The Morgan fingerprint density at radius 3 is 2.85 bits per heavy atom. The Bertz CT molecular complexity index is 475. The molecule has 0 spiro atoms. The first-order chi connectivity index (χ1) is 9.61. The second-order valence-electron chi connectivity index (χ2n) is 5.24. The molecule has 0 aromatic heterocycles. The number of unbranched alkanes of at least 4 members (excludes halogenated alkanes) is 1. The van der Waals surface area contributed by atoms with Gasteiger partial charge in [-0.05, 0) is 50.3 Å². The number of hydrogen-bond acceptors (Lipinski definition) is 2. The number of carbonyl (C=O) groups is 1. The molecule has 2 amide bonds. The number of carbonyl (C=O) groups excluding carboxylic acids is 1. The summed E-state index contributed by atoms with van der Waals surface area (Å²) in [5.41, 5.74) is 1.89. The lowest BCUT2D eigenvalue weighted by atomic mass is 10.2. The number of nitrogens with zero attached hydrogens (tertiary/aromatic N) is 1. The van der Waals surface area contributed by atoms with Crippen molar-refractivity contribution in [3.05, 3.63) is 28.2 Å². The van der Waals surface area contributed by atoms with Crippen LogP contribution in [-0.4, -0.2) is 35.2 Å². The highest BCUT2D eigenvalue weighted by atomic mass is 79.9. The third-order valence-electron chi connectivity index (χ3n) is 3.50. The highest BCUT2D eigenvalue weighted by Gasteiger charge is 2.32. The van der Waals surface area contributed by atoms with E-state index in [0.29, 0.717) is 12.6 Å². The van der Waals surface area contributed by atoms with Crippen molar-refractivity contribution < 1.29 is 9.90 Å². The van der Waals surface area contributed by atoms with Crippen LogP contribution >= 0.6 is 15.9 Å². The minimum atomic E-state index is -0.0355. The molecule has 0 heterocycles. The number of amides is 2. The number of anilines is 1. The molecule has 1 aromatic carbocycles. The van der Waals surface area contributed by atoms with E-state index in [2.05, 4.69) is 21.2 Å². The fraction of sp³-hybridized carbons (Fsp3) is 0.533. The maximum Gasteiger partial charge on any atom is 0.322 e. The Labute approximate surface area is 128 Å². The van der Waals surface area contributed by atoms with Crippen LogP contribution in [0.2, 0.25) is 0 Å². The van der Waals surface area contributed by atoms with Crippen LogP contribution in [0.1, 0.15) is 31.2 Å². The second-order valence-corrected chi connectivity index (χ2v) is 6.16. The molecule has 0 radical (unpaired) electrons. The number of nitrogens with one attached hydrogen (secondary N) is 1. The minimum absolute atomic E-state index is 0.0355. The lowest BCUT2D eigenvalue weighted by Crippen LogP contribution is -2.37. The number of hydrogen-bond donors (Lipinski definition) is 2. The molecule has 1 saturated carbocycles. The molecule has 2 N–H and O–H groups in total. The summed E-state index contributed by atoms with van der Waals surface area (Å²) in [6.45, 7) is 2.88. The Kier molecular flexibility index (Phi) is 5.43. The molecule has 1 aromatic rings. The fourth-order valence-corrected chi connectivity index (χ4v) is 2.51. The number of halogens is 1. The van der Waals surface area contributed by atoms with E-state index in [-0.39, 0.29) is 12.6 Å². The van der Waals surface area contributed by atoms with Crippen molar-refractivity contribution in [3.63, 3.8) is 0 Å². The van der Waals surface area contributed by atoms with Gasteiger partial charge in [0.2, 0.25) is 0 Å². The van der Waals surface area contributed by atoms with Gasteiger partial charge in [-0.2, -0.15) is 0 Å². The van der Waals surface area contributed by atoms with E-state index in [1.807, 2.05) is 30.0 Å². The molecule has 2 rings (SSSR count). The summed E-state index contributed by atoms with van der Waals surface area (Å²) in [5, 5.41) is 11.8. The Morgan fingerprint density at radius 2 is 2.20 bits per heavy atom. The number of urea groups is 1. The second kappa shape index (κ2) is 7.09. The lowest BCUT2D eigenvalue weighted by Gasteiger charge is -2.23. The van der Waals surface area contributed by atoms with Gasteiger partial charge in [0.05, 0.1) is 0 Å². The first-order valence-electron chi connectivity index (χ1n) is 7.06. The quantitative estimate of drug-likeness (QED) is 0.778. The van der Waals surface area contributed by atoms with E-state index in [0.717, 1.165) is 41.4 Å². The topological polar surface area (TPSA) is 52.6 Å². The molecule has 110 valence electrons. The van der Waals surface area contributed by atoms with Crippen LogP contribution in [0.5, 0.6) is 0 Å². The predicted octanol–water partition coefficient (Wildman–Crippen LogP) is 3.53. The largest absolute Gasteiger partial charge is 0.396 e. The number of aliphatic hydroxyl groups is 1. The minimum Gasteiger partial charge on any atom is -0.396 e. The van der Waals surface area contributed by atoms with Crippen molar-refractivity contribution in [1.29, 1.82) is 0 Å². The van der Waals surface area contributed by atoms with Crippen molar-refractivity contribution in [1.82, 2.24) is 4.90 Å². The van der Waals surface area contributed by atoms with Crippen LogP contribution in [0, 0.1) is 6.92 Å². The molecule has 0 unspecified atom stereocenters. The van der Waals surface area contributed by atoms with Crippen LogP contribution in [0.25, 0.3) is 0 Å². The zero-order valence-corrected chi connectivity index (χ0v) is 13.3. The van der Waals surface area contributed by atoms with Crippen LogP contribution in [0.15, 0.2) is 22.7 Å². The van der Waals surface area contributed by atoms with Crippen LogP contribution < -0.4 is 5.32 Å². The van der Waals surface area contributed by atoms with Gasteiger partial charge in [-0.15, -0.1) is 0 Å². The summed E-state index contributed by atoms with van der Waals surface area (Å²) in [7, 11) is 0. The Morgan fingerprint density at radius 1 is 1.45 bits per heavy atom. The number of benzene rings is 1. The molecule has 1 aliphatic carbocycles. The molecule has 1 fully saturated rings. The zero-order valence-electron chi connectivity index (χ0n) is 11.7. The third-order valence-corrected chi connectivity index (χ3v) is 3.99. The van der Waals surface area contributed by atoms with Crippen LogP contribution in [0.3, 0.4) is 0 Å². The van der Waals surface area contributed by atoms with E-state index in [9.17, 15) is 4.79 Å². The Balaban J connectivity index is 1.98. The van der Waals surface area contributed by atoms with E-state index < -0.39 is 0 Å². The average molecular weight is 341 g/mol. The fourth-order valence-electron chi connectivity index (χ4n) is 2.15. The summed E-state index contributed by atoms with van der Waals surface area (Å²) in [6, 6.07) is 6.21. The predicted molar refractivity (Wildman–Crippen MR) is 83.9 cm³/mol. The van der Waals surface area contributed by atoms with Gasteiger partial charge in [0, 0.05) is 29.4 Å². The molecular weight excluding hydrogens is 320 g/mol. The average Bonchev–Trinajstić information content (AvgIpc) is 3.23. The first kappa shape index (κ1) is 15.3. The van der Waals surface area contributed by atoms with Crippen LogP contribution in [-0.2, 0) is 0 Å². The van der Waals surface area contributed by atoms with Crippen molar-refractivity contribution in [3.8, 4) is 0 Å². The van der Waals surface area contributed by atoms with Gasteiger partial charge in [0.15, 0.2) is 0 Å². The van der Waals surface area contributed by atoms with E-state index in [4.69, 9.17) is 5.11 Å². The summed E-state index contributed by atoms with van der Waals surface area (Å²) in [4.78, 5) is 14.3. The summed E-state index contributed by atoms with van der Waals surface area (Å²) in [6.07, 6.45) is 3.76. The third kappa shape index (κ3) is 4.21. The van der Waals surface area contributed by atoms with Gasteiger partial charge >= 0.3 is 6.03 Å². The SMILES string of the molecule is Cc1ccc(Br)cc1NC(=O)N(CCCCO)C1CC1. The maximum absolute atomic E-state index is 12.4. The molecule has 1 aliphatic rings. The van der Waals surface area contributed by atoms with E-state index in [1.165, 1.54) is 0 Å². The van der Waals surface area contributed by atoms with Gasteiger partial charge in [0.25, 0.3) is 0 Å². The van der Waals surface area contributed by atoms with Gasteiger partial charge in [-0.3, -0.25) is 0 Å². The van der Waals surface area contributed by atoms with Crippen molar-refractivity contribution in [2.75, 3.05) is 18.5 Å². The van der Waals surface area contributed by atoms with Crippen LogP contribution in [0.4, 0.5) is 10.5 Å². The highest BCUT2D eigenvalue weighted by Crippen LogP contribution is 2.28. The smallest absolute Gasteiger partial charge is 0.322 e.